The van der Waals surface area contributed by atoms with Gasteiger partial charge >= 0.3 is 5.97 Å². The summed E-state index contributed by atoms with van der Waals surface area (Å²) in [6.45, 7) is 11.4. The normalized spacial score (nSPS) is 20.7. The van der Waals surface area contributed by atoms with Gasteiger partial charge in [-0.05, 0) is 57.2 Å². The van der Waals surface area contributed by atoms with E-state index in [1.807, 2.05) is 0 Å². The van der Waals surface area contributed by atoms with Gasteiger partial charge in [-0.1, -0.05) is 6.92 Å². The lowest BCUT2D eigenvalue weighted by Gasteiger charge is -2.34. The second-order valence-electron chi connectivity index (χ2n) is 7.68. The zero-order valence-electron chi connectivity index (χ0n) is 17.9. The minimum absolute atomic E-state index is 0.160. The van der Waals surface area contributed by atoms with Gasteiger partial charge in [-0.25, -0.2) is 9.69 Å². The summed E-state index contributed by atoms with van der Waals surface area (Å²) in [5.74, 6) is -0.878. The van der Waals surface area contributed by atoms with E-state index in [0.29, 0.717) is 24.4 Å². The molecule has 1 atom stereocenters. The maximum Gasteiger partial charge on any atom is 0.338 e. The number of carbonyl (C=O) groups is 3. The molecule has 1 aromatic rings. The number of amides is 2. The third kappa shape index (κ3) is 5.44. The molecule has 0 radical (unpaired) electrons. The van der Waals surface area contributed by atoms with E-state index in [2.05, 4.69) is 22.0 Å². The molecule has 1 aromatic carbocycles. The zero-order chi connectivity index (χ0) is 21.5. The first-order chi connectivity index (χ1) is 14.5. The number of benzene rings is 1. The second kappa shape index (κ2) is 10.7. The lowest BCUT2D eigenvalue weighted by Crippen LogP contribution is -2.47. The van der Waals surface area contributed by atoms with Gasteiger partial charge in [0, 0.05) is 26.2 Å². The molecule has 0 bridgehead atoms. The number of hydrogen-bond donors (Lipinski definition) is 1. The van der Waals surface area contributed by atoms with Gasteiger partial charge in [0.1, 0.15) is 0 Å². The van der Waals surface area contributed by atoms with Crippen LogP contribution < -0.4 is 10.2 Å². The topological polar surface area (TPSA) is 82.2 Å². The Morgan fingerprint density at radius 2 is 1.73 bits per heavy atom. The van der Waals surface area contributed by atoms with E-state index in [1.54, 1.807) is 31.2 Å². The molecule has 0 aliphatic carbocycles. The molecule has 30 heavy (non-hydrogen) atoms. The summed E-state index contributed by atoms with van der Waals surface area (Å²) in [5.41, 5.74) is 0.880. The number of likely N-dealkylation sites (N-methyl/N-ethyl adjacent to an activating group) is 1. The number of ether oxygens (including phenoxy) is 1. The van der Waals surface area contributed by atoms with E-state index in [-0.39, 0.29) is 18.2 Å². The van der Waals surface area contributed by atoms with Crippen molar-refractivity contribution in [3.8, 4) is 0 Å². The first-order valence-corrected chi connectivity index (χ1v) is 10.9. The quantitative estimate of drug-likeness (QED) is 0.367. The molecule has 3 rings (SSSR count). The third-order valence-electron chi connectivity index (χ3n) is 5.74. The fraction of sp³-hybridized carbons (Fsp3) is 0.591. The predicted molar refractivity (Wildman–Crippen MR) is 114 cm³/mol. The van der Waals surface area contributed by atoms with Crippen LogP contribution in [0.2, 0.25) is 0 Å². The molecule has 2 aliphatic heterocycles. The molecule has 2 amide bonds. The number of nitrogens with zero attached hydrogens (tertiary/aromatic N) is 3. The molecule has 8 heteroatoms. The summed E-state index contributed by atoms with van der Waals surface area (Å²) in [6, 6.07) is 5.89. The summed E-state index contributed by atoms with van der Waals surface area (Å²) < 4.78 is 4.96. The van der Waals surface area contributed by atoms with E-state index in [0.717, 1.165) is 45.7 Å². The van der Waals surface area contributed by atoms with Gasteiger partial charge in [0.25, 0.3) is 5.91 Å². The van der Waals surface area contributed by atoms with E-state index >= 15 is 0 Å². The number of esters is 1. The first-order valence-electron chi connectivity index (χ1n) is 10.9. The molecule has 2 aliphatic rings. The lowest BCUT2D eigenvalue weighted by molar-refractivity contribution is -0.121. The highest BCUT2D eigenvalue weighted by molar-refractivity contribution is 6.22. The molecular weight excluding hydrogens is 384 g/mol. The van der Waals surface area contributed by atoms with Crippen molar-refractivity contribution in [3.63, 3.8) is 0 Å². The van der Waals surface area contributed by atoms with Gasteiger partial charge < -0.3 is 19.9 Å². The Morgan fingerprint density at radius 1 is 1.07 bits per heavy atom. The standard InChI is InChI=1S/C22H32N4O4/c1-3-24-12-14-25(15-13-24)11-5-10-23-19-16-20(27)26(21(19)28)18-8-6-17(7-9-18)22(29)30-4-2/h6-9,19,23H,3-5,10-16H2,1-2H3/t19-/m1/s1. The Balaban J connectivity index is 1.46. The summed E-state index contributed by atoms with van der Waals surface area (Å²) in [4.78, 5) is 43.0. The van der Waals surface area contributed by atoms with Crippen LogP contribution in [0.3, 0.4) is 0 Å². The Kier molecular flexibility index (Phi) is 7.95. The van der Waals surface area contributed by atoms with Crippen LogP contribution in [0.15, 0.2) is 24.3 Å². The van der Waals surface area contributed by atoms with Gasteiger partial charge in [0.15, 0.2) is 0 Å². The average Bonchev–Trinajstić information content (AvgIpc) is 3.05. The van der Waals surface area contributed by atoms with Crippen LogP contribution in [0.25, 0.3) is 0 Å². The van der Waals surface area contributed by atoms with Crippen LogP contribution in [0.5, 0.6) is 0 Å². The number of piperazine rings is 1. The largest absolute Gasteiger partial charge is 0.462 e. The molecule has 0 unspecified atom stereocenters. The molecule has 2 saturated heterocycles. The molecule has 0 spiro atoms. The highest BCUT2D eigenvalue weighted by Gasteiger charge is 2.39. The minimum atomic E-state index is -0.487. The van der Waals surface area contributed by atoms with Gasteiger partial charge in [0.2, 0.25) is 5.91 Å². The molecule has 8 nitrogen and oxygen atoms in total. The number of rotatable bonds is 9. The van der Waals surface area contributed by atoms with Gasteiger partial charge in [-0.15, -0.1) is 0 Å². The van der Waals surface area contributed by atoms with Crippen LogP contribution in [-0.4, -0.2) is 86.0 Å². The lowest BCUT2D eigenvalue weighted by atomic mass is 10.2. The number of carbonyl (C=O) groups excluding carboxylic acids is 3. The van der Waals surface area contributed by atoms with Crippen LogP contribution >= 0.6 is 0 Å². The van der Waals surface area contributed by atoms with Crippen LogP contribution in [-0.2, 0) is 14.3 Å². The van der Waals surface area contributed by atoms with Crippen molar-refractivity contribution in [2.45, 2.75) is 32.7 Å². The summed E-state index contributed by atoms with van der Waals surface area (Å²) in [7, 11) is 0. The van der Waals surface area contributed by atoms with E-state index in [1.165, 1.54) is 4.90 Å². The van der Waals surface area contributed by atoms with Crippen molar-refractivity contribution in [1.29, 1.82) is 0 Å². The highest BCUT2D eigenvalue weighted by atomic mass is 16.5. The number of imide groups is 1. The van der Waals surface area contributed by atoms with Gasteiger partial charge in [-0.2, -0.15) is 0 Å². The molecule has 2 heterocycles. The monoisotopic (exact) mass is 416 g/mol. The molecule has 1 N–H and O–H groups in total. The molecule has 2 fully saturated rings. The van der Waals surface area contributed by atoms with Crippen molar-refractivity contribution in [2.24, 2.45) is 0 Å². The maximum atomic E-state index is 12.7. The van der Waals surface area contributed by atoms with E-state index in [9.17, 15) is 14.4 Å². The third-order valence-corrected chi connectivity index (χ3v) is 5.74. The van der Waals surface area contributed by atoms with Gasteiger partial charge in [-0.3, -0.25) is 9.59 Å². The number of hydrogen-bond acceptors (Lipinski definition) is 7. The Labute approximate surface area is 178 Å². The summed E-state index contributed by atoms with van der Waals surface area (Å²) >= 11 is 0. The predicted octanol–water partition coefficient (Wildman–Crippen LogP) is 1.11. The zero-order valence-corrected chi connectivity index (χ0v) is 17.9. The summed E-state index contributed by atoms with van der Waals surface area (Å²) in [6.07, 6.45) is 1.10. The van der Waals surface area contributed by atoms with Crippen LogP contribution in [0.4, 0.5) is 5.69 Å². The molecule has 164 valence electrons. The maximum absolute atomic E-state index is 12.7. The van der Waals surface area contributed by atoms with Crippen molar-refractivity contribution in [3.05, 3.63) is 29.8 Å². The first kappa shape index (κ1) is 22.4. The van der Waals surface area contributed by atoms with E-state index in [4.69, 9.17) is 4.74 Å². The smallest absolute Gasteiger partial charge is 0.338 e. The van der Waals surface area contributed by atoms with Crippen molar-refractivity contribution >= 4 is 23.5 Å². The second-order valence-corrected chi connectivity index (χ2v) is 7.68. The van der Waals surface area contributed by atoms with Crippen molar-refractivity contribution in [2.75, 3.05) is 57.3 Å². The van der Waals surface area contributed by atoms with Crippen LogP contribution in [0, 0.1) is 0 Å². The molecular formula is C22H32N4O4. The average molecular weight is 417 g/mol. The Hall–Kier alpha value is -2.29. The Bertz CT molecular complexity index is 744. The highest BCUT2D eigenvalue weighted by Crippen LogP contribution is 2.23. The molecule has 0 aromatic heterocycles. The van der Waals surface area contributed by atoms with Crippen molar-refractivity contribution in [1.82, 2.24) is 15.1 Å². The number of nitrogens with one attached hydrogen (secondary N) is 1. The van der Waals surface area contributed by atoms with Crippen LogP contribution in [0.1, 0.15) is 37.0 Å². The number of anilines is 1. The van der Waals surface area contributed by atoms with Crippen molar-refractivity contribution < 1.29 is 19.1 Å². The summed E-state index contributed by atoms with van der Waals surface area (Å²) in [5, 5.41) is 3.24. The fourth-order valence-electron chi connectivity index (χ4n) is 3.93. The minimum Gasteiger partial charge on any atom is -0.462 e. The fourth-order valence-corrected chi connectivity index (χ4v) is 3.93. The van der Waals surface area contributed by atoms with Gasteiger partial charge in [0.05, 0.1) is 30.3 Å². The SMILES string of the molecule is CCOC(=O)c1ccc(N2C(=O)C[C@@H](NCCCN3CCN(CC)CC3)C2=O)cc1. The Morgan fingerprint density at radius 3 is 2.37 bits per heavy atom. The van der Waals surface area contributed by atoms with E-state index < -0.39 is 12.0 Å². The molecule has 0 saturated carbocycles.